The molecule has 0 spiro atoms. The molecule has 1 N–H and O–H groups in total. The highest BCUT2D eigenvalue weighted by atomic mass is 79.9. The summed E-state index contributed by atoms with van der Waals surface area (Å²) >= 11 is 15.2. The van der Waals surface area contributed by atoms with Crippen molar-refractivity contribution in [1.82, 2.24) is 10.2 Å². The minimum atomic E-state index is -0.256. The molecule has 2 aromatic rings. The van der Waals surface area contributed by atoms with E-state index in [1.165, 1.54) is 0 Å². The molecule has 0 aliphatic carbocycles. The van der Waals surface area contributed by atoms with Crippen molar-refractivity contribution in [2.24, 2.45) is 0 Å². The summed E-state index contributed by atoms with van der Waals surface area (Å²) < 4.78 is 5.75. The molecule has 1 aliphatic heterocycles. The minimum absolute atomic E-state index is 0.00439. The number of hydrogen-bond donors (Lipinski definition) is 1. The molecule has 8 heteroatoms. The second-order valence-corrected chi connectivity index (χ2v) is 7.39. The predicted octanol–water partition coefficient (Wildman–Crippen LogP) is 4.38. The molecule has 2 amide bonds. The Labute approximate surface area is 163 Å². The van der Waals surface area contributed by atoms with Gasteiger partial charge in [0.25, 0.3) is 11.8 Å². The number of likely N-dealkylation sites (tertiary alicyclic amines) is 1. The first-order valence-electron chi connectivity index (χ1n) is 7.74. The maximum absolute atomic E-state index is 12.6. The lowest BCUT2D eigenvalue weighted by Gasteiger charge is -2.32. The van der Waals surface area contributed by atoms with Crippen molar-refractivity contribution in [3.8, 4) is 0 Å². The van der Waals surface area contributed by atoms with Gasteiger partial charge in [-0.25, -0.2) is 0 Å². The van der Waals surface area contributed by atoms with Gasteiger partial charge < -0.3 is 14.6 Å². The number of amides is 2. The van der Waals surface area contributed by atoms with Crippen LogP contribution in [0.3, 0.4) is 0 Å². The molecular formula is C17H15BrCl2N2O3. The van der Waals surface area contributed by atoms with Gasteiger partial charge in [-0.05, 0) is 59.1 Å². The lowest BCUT2D eigenvalue weighted by molar-refractivity contribution is 0.0695. The molecule has 0 radical (unpaired) electrons. The number of furan rings is 1. The van der Waals surface area contributed by atoms with E-state index in [0.717, 1.165) is 0 Å². The third kappa shape index (κ3) is 4.37. The van der Waals surface area contributed by atoms with Gasteiger partial charge in [-0.2, -0.15) is 0 Å². The largest absolute Gasteiger partial charge is 0.444 e. The predicted molar refractivity (Wildman–Crippen MR) is 99.3 cm³/mol. The van der Waals surface area contributed by atoms with Gasteiger partial charge in [0.05, 0.1) is 10.6 Å². The number of rotatable bonds is 3. The van der Waals surface area contributed by atoms with Crippen LogP contribution in [0.25, 0.3) is 0 Å². The molecule has 0 atom stereocenters. The second kappa shape index (κ2) is 7.81. The molecule has 1 aromatic carbocycles. The number of carbonyl (C=O) groups is 2. The number of nitrogens with zero attached hydrogens (tertiary/aromatic N) is 1. The first-order valence-corrected chi connectivity index (χ1v) is 9.29. The Balaban J connectivity index is 1.57. The molecule has 25 heavy (non-hydrogen) atoms. The van der Waals surface area contributed by atoms with E-state index in [1.54, 1.807) is 35.2 Å². The molecule has 1 fully saturated rings. The number of piperidine rings is 1. The molecule has 0 saturated carbocycles. The van der Waals surface area contributed by atoms with E-state index in [9.17, 15) is 9.59 Å². The summed E-state index contributed by atoms with van der Waals surface area (Å²) in [6.07, 6.45) is 1.33. The highest BCUT2D eigenvalue weighted by Gasteiger charge is 2.26. The summed E-state index contributed by atoms with van der Waals surface area (Å²) in [5.41, 5.74) is 0.400. The molecule has 0 unspecified atom stereocenters. The van der Waals surface area contributed by atoms with E-state index >= 15 is 0 Å². The lowest BCUT2D eigenvalue weighted by atomic mass is 10.0. The average molecular weight is 446 g/mol. The molecule has 132 valence electrons. The maximum atomic E-state index is 12.6. The van der Waals surface area contributed by atoms with Crippen LogP contribution in [0.4, 0.5) is 0 Å². The number of nitrogens with one attached hydrogen (secondary N) is 1. The zero-order chi connectivity index (χ0) is 18.0. The first kappa shape index (κ1) is 18.3. The van der Waals surface area contributed by atoms with Crippen molar-refractivity contribution in [2.45, 2.75) is 18.9 Å². The Kier molecular flexibility index (Phi) is 5.71. The SMILES string of the molecule is O=C(NC1CCN(C(=O)c2cc(Cl)ccc2Cl)CC1)c1ccc(Br)o1. The van der Waals surface area contributed by atoms with Crippen LogP contribution in [0.2, 0.25) is 10.0 Å². The van der Waals surface area contributed by atoms with Gasteiger partial charge >= 0.3 is 0 Å². The number of benzene rings is 1. The van der Waals surface area contributed by atoms with Crippen molar-refractivity contribution in [3.63, 3.8) is 0 Å². The number of hydrogen-bond acceptors (Lipinski definition) is 3. The highest BCUT2D eigenvalue weighted by Crippen LogP contribution is 2.24. The average Bonchev–Trinajstić information content (AvgIpc) is 3.04. The molecule has 0 bridgehead atoms. The third-order valence-electron chi connectivity index (χ3n) is 4.07. The van der Waals surface area contributed by atoms with Crippen molar-refractivity contribution >= 4 is 50.9 Å². The fourth-order valence-electron chi connectivity index (χ4n) is 2.75. The van der Waals surface area contributed by atoms with Gasteiger partial charge in [0.1, 0.15) is 0 Å². The van der Waals surface area contributed by atoms with Gasteiger partial charge in [-0.15, -0.1) is 0 Å². The van der Waals surface area contributed by atoms with Gasteiger partial charge in [-0.1, -0.05) is 23.2 Å². The Morgan fingerprint density at radius 2 is 1.88 bits per heavy atom. The van der Waals surface area contributed by atoms with Gasteiger partial charge in [0, 0.05) is 24.2 Å². The second-order valence-electron chi connectivity index (χ2n) is 5.77. The smallest absolute Gasteiger partial charge is 0.287 e. The van der Waals surface area contributed by atoms with Crippen LogP contribution in [0.15, 0.2) is 39.4 Å². The monoisotopic (exact) mass is 444 g/mol. The van der Waals surface area contributed by atoms with Crippen molar-refractivity contribution in [3.05, 3.63) is 56.4 Å². The maximum Gasteiger partial charge on any atom is 0.287 e. The van der Waals surface area contributed by atoms with Gasteiger partial charge in [0.2, 0.25) is 0 Å². The van der Waals surface area contributed by atoms with Crippen molar-refractivity contribution in [1.29, 1.82) is 0 Å². The topological polar surface area (TPSA) is 62.6 Å². The summed E-state index contributed by atoms with van der Waals surface area (Å²) in [7, 11) is 0. The highest BCUT2D eigenvalue weighted by molar-refractivity contribution is 9.10. The van der Waals surface area contributed by atoms with Crippen LogP contribution in [-0.2, 0) is 0 Å². The number of halogens is 3. The van der Waals surface area contributed by atoms with E-state index in [0.29, 0.717) is 46.2 Å². The van der Waals surface area contributed by atoms with E-state index in [1.807, 2.05) is 0 Å². The lowest BCUT2D eigenvalue weighted by Crippen LogP contribution is -2.46. The van der Waals surface area contributed by atoms with E-state index in [-0.39, 0.29) is 23.6 Å². The van der Waals surface area contributed by atoms with Crippen LogP contribution >= 0.6 is 39.1 Å². The summed E-state index contributed by atoms with van der Waals surface area (Å²) in [6.45, 7) is 1.07. The summed E-state index contributed by atoms with van der Waals surface area (Å²) in [5, 5.41) is 3.78. The molecular weight excluding hydrogens is 431 g/mol. The van der Waals surface area contributed by atoms with Crippen molar-refractivity contribution in [2.75, 3.05) is 13.1 Å². The zero-order valence-corrected chi connectivity index (χ0v) is 16.2. The summed E-state index contributed by atoms with van der Waals surface area (Å²) in [4.78, 5) is 26.4. The normalized spacial score (nSPS) is 15.2. The van der Waals surface area contributed by atoms with Crippen LogP contribution in [0.1, 0.15) is 33.8 Å². The molecule has 1 saturated heterocycles. The van der Waals surface area contributed by atoms with Crippen molar-refractivity contribution < 1.29 is 14.0 Å². The zero-order valence-electron chi connectivity index (χ0n) is 13.1. The summed E-state index contributed by atoms with van der Waals surface area (Å²) in [5.74, 6) is -0.142. The molecule has 5 nitrogen and oxygen atoms in total. The van der Waals surface area contributed by atoms with E-state index < -0.39 is 0 Å². The van der Waals surface area contributed by atoms with Gasteiger partial charge in [0.15, 0.2) is 10.4 Å². The molecule has 2 heterocycles. The third-order valence-corrected chi connectivity index (χ3v) is 5.06. The first-order chi connectivity index (χ1) is 11.9. The standard InChI is InChI=1S/C17H15BrCl2N2O3/c18-15-4-3-14(25-15)16(23)21-11-5-7-22(8-6-11)17(24)12-9-10(19)1-2-13(12)20/h1-4,9,11H,5-8H2,(H,21,23). The van der Waals surface area contributed by atoms with E-state index in [4.69, 9.17) is 27.6 Å². The van der Waals surface area contributed by atoms with Crippen LogP contribution in [0.5, 0.6) is 0 Å². The minimum Gasteiger partial charge on any atom is -0.444 e. The van der Waals surface area contributed by atoms with E-state index in [2.05, 4.69) is 21.2 Å². The fraction of sp³-hybridized carbons (Fsp3) is 0.294. The van der Waals surface area contributed by atoms with Crippen LogP contribution in [-0.4, -0.2) is 35.8 Å². The quantitative estimate of drug-likeness (QED) is 0.762. The Morgan fingerprint density at radius 3 is 2.52 bits per heavy atom. The molecule has 1 aromatic heterocycles. The summed E-state index contributed by atoms with van der Waals surface area (Å²) in [6, 6.07) is 8.12. The van der Waals surface area contributed by atoms with Crippen LogP contribution in [0, 0.1) is 0 Å². The number of carbonyl (C=O) groups excluding carboxylic acids is 2. The Bertz CT molecular complexity index is 801. The van der Waals surface area contributed by atoms with Crippen LogP contribution < -0.4 is 5.32 Å². The molecule has 3 rings (SSSR count). The Hall–Kier alpha value is -1.50. The Morgan fingerprint density at radius 1 is 1.16 bits per heavy atom. The molecule has 1 aliphatic rings. The fourth-order valence-corrected chi connectivity index (χ4v) is 3.43. The van der Waals surface area contributed by atoms with Gasteiger partial charge in [-0.3, -0.25) is 9.59 Å².